The molecule has 1 aromatic carbocycles. The normalized spacial score (nSPS) is 14.4. The molecule has 0 atom stereocenters. The van der Waals surface area contributed by atoms with Gasteiger partial charge in [-0.25, -0.2) is 4.98 Å². The van der Waals surface area contributed by atoms with Crippen LogP contribution in [0.2, 0.25) is 0 Å². The highest BCUT2D eigenvalue weighted by molar-refractivity contribution is 6.30. The molecule has 8 heteroatoms. The van der Waals surface area contributed by atoms with Gasteiger partial charge in [0.2, 0.25) is 11.8 Å². The molecule has 1 aliphatic heterocycles. The number of methoxy groups -OCH3 is 2. The molecule has 26 heavy (non-hydrogen) atoms. The summed E-state index contributed by atoms with van der Waals surface area (Å²) in [7, 11) is 3.02. The lowest BCUT2D eigenvalue weighted by molar-refractivity contribution is 0.364. The molecule has 0 fully saturated rings. The molecule has 0 amide bonds. The van der Waals surface area contributed by atoms with Gasteiger partial charge in [-0.15, -0.1) is 0 Å². The number of amidine groups is 1. The van der Waals surface area contributed by atoms with E-state index in [-0.39, 0.29) is 18.1 Å². The van der Waals surface area contributed by atoms with Gasteiger partial charge in [-0.1, -0.05) is 12.1 Å². The van der Waals surface area contributed by atoms with Gasteiger partial charge in [-0.2, -0.15) is 4.98 Å². The minimum atomic E-state index is 0.0730. The van der Waals surface area contributed by atoms with Crippen molar-refractivity contribution in [1.82, 2.24) is 15.0 Å². The lowest BCUT2D eigenvalue weighted by Gasteiger charge is -2.19. The van der Waals surface area contributed by atoms with Gasteiger partial charge >= 0.3 is 0 Å². The van der Waals surface area contributed by atoms with Crippen LogP contribution < -0.4 is 14.4 Å². The molecule has 8 nitrogen and oxygen atoms in total. The van der Waals surface area contributed by atoms with Crippen LogP contribution in [-0.4, -0.2) is 46.7 Å². The highest BCUT2D eigenvalue weighted by atomic mass is 16.5. The van der Waals surface area contributed by atoms with Gasteiger partial charge in [0.05, 0.1) is 43.1 Å². The Hall–Kier alpha value is -3.55. The van der Waals surface area contributed by atoms with Gasteiger partial charge in [-0.3, -0.25) is 5.41 Å². The van der Waals surface area contributed by atoms with Crippen LogP contribution in [0.3, 0.4) is 0 Å². The number of ether oxygens (including phenoxy) is 2. The minimum absolute atomic E-state index is 0.0730. The van der Waals surface area contributed by atoms with Gasteiger partial charge in [-0.05, 0) is 12.1 Å². The van der Waals surface area contributed by atoms with E-state index in [1.54, 1.807) is 17.0 Å². The number of anilines is 1. The van der Waals surface area contributed by atoms with E-state index in [0.717, 1.165) is 11.0 Å². The number of aliphatic hydroxyl groups excluding tert-OH is 1. The second-order valence-electron chi connectivity index (χ2n) is 5.77. The van der Waals surface area contributed by atoms with Crippen LogP contribution in [0.5, 0.6) is 11.8 Å². The van der Waals surface area contributed by atoms with Crippen molar-refractivity contribution in [1.29, 1.82) is 5.41 Å². The predicted octanol–water partition coefficient (Wildman–Crippen LogP) is 2.74. The Bertz CT molecular complexity index is 985. The Labute approximate surface area is 149 Å². The second kappa shape index (κ2) is 6.07. The number of aromatic amines is 1. The van der Waals surface area contributed by atoms with E-state index in [9.17, 15) is 5.11 Å². The minimum Gasteiger partial charge on any atom is -0.509 e. The number of benzene rings is 1. The maximum atomic E-state index is 10.5. The third-order valence-electron chi connectivity index (χ3n) is 4.22. The third-order valence-corrected chi connectivity index (χ3v) is 4.22. The Morgan fingerprint density at radius 3 is 2.46 bits per heavy atom. The number of hydrogen-bond acceptors (Lipinski definition) is 6. The average Bonchev–Trinajstić information content (AvgIpc) is 3.21. The van der Waals surface area contributed by atoms with Crippen LogP contribution in [0.4, 0.5) is 5.69 Å². The lowest BCUT2D eigenvalue weighted by atomic mass is 10.2. The number of nitrogens with zero attached hydrogens (tertiary/aromatic N) is 3. The maximum Gasteiger partial charge on any atom is 0.218 e. The standard InChI is InChI=1S/C18H17N5O3/c1-25-14-7-10(8-15(22-14)26-2)23-9-13(24)16(17(23)19)18-20-11-5-3-4-6-12(11)21-18/h3-8,19,24H,9H2,1-2H3,(H,20,21). The Morgan fingerprint density at radius 2 is 1.81 bits per heavy atom. The number of pyridine rings is 1. The first kappa shape index (κ1) is 15.9. The molecule has 3 heterocycles. The number of aromatic nitrogens is 3. The summed E-state index contributed by atoms with van der Waals surface area (Å²) in [5.41, 5.74) is 2.63. The summed E-state index contributed by atoms with van der Waals surface area (Å²) in [5, 5.41) is 19.0. The maximum absolute atomic E-state index is 10.5. The van der Waals surface area contributed by atoms with Crippen LogP contribution in [0, 0.1) is 5.41 Å². The van der Waals surface area contributed by atoms with Crippen molar-refractivity contribution in [2.24, 2.45) is 0 Å². The topological polar surface area (TPSA) is 107 Å². The number of fused-ring (bicyclic) bond motifs is 1. The van der Waals surface area contributed by atoms with Crippen molar-refractivity contribution < 1.29 is 14.6 Å². The number of H-pyrrole nitrogens is 1. The van der Waals surface area contributed by atoms with Gasteiger partial charge in [0, 0.05) is 12.1 Å². The molecule has 0 saturated heterocycles. The van der Waals surface area contributed by atoms with Gasteiger partial charge in [0.25, 0.3) is 0 Å². The Morgan fingerprint density at radius 1 is 1.12 bits per heavy atom. The molecule has 0 bridgehead atoms. The van der Waals surface area contributed by atoms with Crippen molar-refractivity contribution in [3.63, 3.8) is 0 Å². The highest BCUT2D eigenvalue weighted by Crippen LogP contribution is 2.33. The summed E-state index contributed by atoms with van der Waals surface area (Å²) in [5.74, 6) is 1.40. The number of hydrogen-bond donors (Lipinski definition) is 3. The molecule has 3 N–H and O–H groups in total. The van der Waals surface area contributed by atoms with Crippen LogP contribution in [0.15, 0.2) is 42.2 Å². The molecule has 2 aromatic heterocycles. The molecule has 0 spiro atoms. The number of imidazole rings is 1. The summed E-state index contributed by atoms with van der Waals surface area (Å²) in [4.78, 5) is 13.4. The lowest BCUT2D eigenvalue weighted by Crippen LogP contribution is -2.26. The van der Waals surface area contributed by atoms with E-state index in [2.05, 4.69) is 15.0 Å². The molecule has 0 saturated carbocycles. The van der Waals surface area contributed by atoms with E-state index >= 15 is 0 Å². The first-order chi connectivity index (χ1) is 12.6. The van der Waals surface area contributed by atoms with Crippen molar-refractivity contribution in [2.75, 3.05) is 25.7 Å². The monoisotopic (exact) mass is 351 g/mol. The molecular weight excluding hydrogens is 334 g/mol. The van der Waals surface area contributed by atoms with Crippen LogP contribution in [0.25, 0.3) is 16.6 Å². The fourth-order valence-electron chi connectivity index (χ4n) is 2.95. The van der Waals surface area contributed by atoms with E-state index in [1.807, 2.05) is 24.3 Å². The molecule has 3 aromatic rings. The predicted molar refractivity (Wildman–Crippen MR) is 98.1 cm³/mol. The second-order valence-corrected chi connectivity index (χ2v) is 5.77. The summed E-state index contributed by atoms with van der Waals surface area (Å²) < 4.78 is 10.4. The highest BCUT2D eigenvalue weighted by Gasteiger charge is 2.32. The van der Waals surface area contributed by atoms with Crippen LogP contribution in [0.1, 0.15) is 5.82 Å². The zero-order valence-electron chi connectivity index (χ0n) is 14.3. The summed E-state index contributed by atoms with van der Waals surface area (Å²) >= 11 is 0. The summed E-state index contributed by atoms with van der Waals surface area (Å²) in [6, 6.07) is 10.9. The van der Waals surface area contributed by atoms with Crippen molar-refractivity contribution in [3.05, 3.63) is 48.0 Å². The summed E-state index contributed by atoms with van der Waals surface area (Å²) in [6.45, 7) is 0.154. The average molecular weight is 351 g/mol. The zero-order chi connectivity index (χ0) is 18.3. The first-order valence-corrected chi connectivity index (χ1v) is 7.94. The Balaban J connectivity index is 1.72. The van der Waals surface area contributed by atoms with Crippen LogP contribution >= 0.6 is 0 Å². The third kappa shape index (κ3) is 2.52. The number of aliphatic hydroxyl groups is 1. The molecule has 132 valence electrons. The van der Waals surface area contributed by atoms with Crippen molar-refractivity contribution in [3.8, 4) is 11.8 Å². The molecule has 0 radical (unpaired) electrons. The van der Waals surface area contributed by atoms with E-state index < -0.39 is 0 Å². The fraction of sp³-hybridized carbons (Fsp3) is 0.167. The molecule has 4 rings (SSSR count). The quantitative estimate of drug-likeness (QED) is 0.667. The Kier molecular flexibility index (Phi) is 3.72. The van der Waals surface area contributed by atoms with E-state index in [1.165, 1.54) is 14.2 Å². The van der Waals surface area contributed by atoms with Crippen molar-refractivity contribution in [2.45, 2.75) is 0 Å². The molecule has 1 aliphatic rings. The van der Waals surface area contributed by atoms with E-state index in [4.69, 9.17) is 14.9 Å². The number of rotatable bonds is 4. The molecule has 0 unspecified atom stereocenters. The van der Waals surface area contributed by atoms with Gasteiger partial charge < -0.3 is 24.5 Å². The molecular formula is C18H17N5O3. The smallest absolute Gasteiger partial charge is 0.218 e. The fourth-order valence-corrected chi connectivity index (χ4v) is 2.95. The number of para-hydroxylation sites is 2. The molecule has 0 aliphatic carbocycles. The zero-order valence-corrected chi connectivity index (χ0v) is 14.3. The summed E-state index contributed by atoms with van der Waals surface area (Å²) in [6.07, 6.45) is 0. The number of nitrogens with one attached hydrogen (secondary N) is 2. The van der Waals surface area contributed by atoms with Crippen LogP contribution in [-0.2, 0) is 0 Å². The van der Waals surface area contributed by atoms with Gasteiger partial charge in [0.15, 0.2) is 0 Å². The van der Waals surface area contributed by atoms with Gasteiger partial charge in [0.1, 0.15) is 17.4 Å². The van der Waals surface area contributed by atoms with Crippen molar-refractivity contribution >= 4 is 28.1 Å². The van der Waals surface area contributed by atoms with E-state index in [0.29, 0.717) is 28.8 Å². The first-order valence-electron chi connectivity index (χ1n) is 7.94. The SMILES string of the molecule is COc1cc(N2CC(O)=C(c3nc4ccccc4[nH]3)C2=N)cc(OC)n1. The largest absolute Gasteiger partial charge is 0.509 e.